The Kier molecular flexibility index (Phi) is 9.49. The van der Waals surface area contributed by atoms with Crippen LogP contribution in [-0.2, 0) is 22.7 Å². The molecule has 1 heterocycles. The number of nitrogens with one attached hydrogen (secondary N) is 1. The average molecular weight is 606 g/mol. The van der Waals surface area contributed by atoms with Gasteiger partial charge in [0, 0.05) is 31.2 Å². The largest absolute Gasteiger partial charge is 0.488 e. The van der Waals surface area contributed by atoms with E-state index in [1.165, 1.54) is 36.4 Å². The Morgan fingerprint density at radius 1 is 1.10 bits per heavy atom. The summed E-state index contributed by atoms with van der Waals surface area (Å²) in [6.07, 6.45) is -4.84. The van der Waals surface area contributed by atoms with Crippen LogP contribution >= 0.6 is 0 Å². The van der Waals surface area contributed by atoms with Crippen molar-refractivity contribution >= 4 is 21.6 Å². The highest BCUT2D eigenvalue weighted by molar-refractivity contribution is 7.92. The lowest BCUT2D eigenvalue weighted by Crippen LogP contribution is -2.49. The van der Waals surface area contributed by atoms with Crippen molar-refractivity contribution in [2.75, 3.05) is 31.5 Å². The Morgan fingerprint density at radius 3 is 2.38 bits per heavy atom. The molecule has 3 atom stereocenters. The number of nitrogens with zero attached hydrogens (tertiary/aromatic N) is 2. The van der Waals surface area contributed by atoms with Gasteiger partial charge in [-0.2, -0.15) is 13.2 Å². The number of amides is 1. The monoisotopic (exact) mass is 605 g/mol. The average Bonchev–Trinajstić information content (AvgIpc) is 2.95. The first-order valence-electron chi connectivity index (χ1n) is 13.4. The van der Waals surface area contributed by atoms with Crippen LogP contribution in [0.5, 0.6) is 5.75 Å². The highest BCUT2D eigenvalue weighted by Crippen LogP contribution is 2.32. The normalized spacial score (nSPS) is 18.6. The summed E-state index contributed by atoms with van der Waals surface area (Å²) in [5.74, 6) is -0.324. The number of aliphatic hydroxyl groups excluding tert-OH is 1. The van der Waals surface area contributed by atoms with Crippen molar-refractivity contribution in [1.82, 2.24) is 9.80 Å². The molecule has 0 radical (unpaired) electrons. The highest BCUT2D eigenvalue weighted by atomic mass is 32.2. The molecule has 8 nitrogen and oxygen atoms in total. The van der Waals surface area contributed by atoms with Crippen molar-refractivity contribution in [2.45, 2.75) is 43.6 Å². The van der Waals surface area contributed by atoms with E-state index >= 15 is 0 Å². The summed E-state index contributed by atoms with van der Waals surface area (Å²) in [5.41, 5.74) is 0.308. The Labute approximate surface area is 243 Å². The molecular formula is C30H34F3N3O5S. The van der Waals surface area contributed by atoms with Gasteiger partial charge in [-0.15, -0.1) is 0 Å². The van der Waals surface area contributed by atoms with Crippen LogP contribution in [0.25, 0.3) is 0 Å². The number of carbonyl (C=O) groups excluding carboxylic acids is 1. The fourth-order valence-corrected chi connectivity index (χ4v) is 5.87. The number of ether oxygens (including phenoxy) is 1. The van der Waals surface area contributed by atoms with E-state index in [2.05, 4.69) is 4.72 Å². The first-order chi connectivity index (χ1) is 19.8. The van der Waals surface area contributed by atoms with Crippen LogP contribution in [0.4, 0.5) is 18.9 Å². The Balaban J connectivity index is 1.59. The van der Waals surface area contributed by atoms with Crippen LogP contribution < -0.4 is 9.46 Å². The molecule has 2 N–H and O–H groups in total. The van der Waals surface area contributed by atoms with Gasteiger partial charge in [0.25, 0.3) is 15.9 Å². The lowest BCUT2D eigenvalue weighted by Gasteiger charge is -2.38. The fraction of sp³-hybridized carbons (Fsp3) is 0.367. The number of rotatable bonds is 9. The first-order valence-corrected chi connectivity index (χ1v) is 14.9. The molecule has 226 valence electrons. The van der Waals surface area contributed by atoms with Crippen LogP contribution in [0.2, 0.25) is 0 Å². The van der Waals surface area contributed by atoms with Gasteiger partial charge in [-0.3, -0.25) is 14.4 Å². The molecule has 0 saturated carbocycles. The van der Waals surface area contributed by atoms with E-state index in [1.54, 1.807) is 36.1 Å². The van der Waals surface area contributed by atoms with Crippen LogP contribution in [-0.4, -0.2) is 68.1 Å². The molecule has 0 fully saturated rings. The summed E-state index contributed by atoms with van der Waals surface area (Å²) >= 11 is 0. The van der Waals surface area contributed by atoms with Crippen molar-refractivity contribution in [3.8, 4) is 5.75 Å². The number of fused-ring (bicyclic) bond motifs is 1. The minimum Gasteiger partial charge on any atom is -0.488 e. The van der Waals surface area contributed by atoms with Gasteiger partial charge in [0.1, 0.15) is 11.9 Å². The molecule has 12 heteroatoms. The third-order valence-electron chi connectivity index (χ3n) is 7.20. The molecule has 0 unspecified atom stereocenters. The maximum atomic E-state index is 13.7. The number of alkyl halides is 3. The fourth-order valence-electron chi connectivity index (χ4n) is 4.80. The Bertz CT molecular complexity index is 1480. The molecule has 1 aliphatic heterocycles. The molecule has 1 amide bonds. The molecule has 0 aliphatic carbocycles. The minimum absolute atomic E-state index is 0.0693. The predicted octanol–water partition coefficient (Wildman–Crippen LogP) is 4.86. The van der Waals surface area contributed by atoms with Gasteiger partial charge in [0.05, 0.1) is 28.7 Å². The maximum absolute atomic E-state index is 13.7. The minimum atomic E-state index is -4.41. The summed E-state index contributed by atoms with van der Waals surface area (Å²) in [5, 5.41) is 9.88. The number of carbonyl (C=O) groups is 1. The van der Waals surface area contributed by atoms with Crippen LogP contribution in [0.15, 0.2) is 77.7 Å². The summed E-state index contributed by atoms with van der Waals surface area (Å²) in [6, 6.07) is 16.8. The van der Waals surface area contributed by atoms with Crippen molar-refractivity contribution in [3.05, 3.63) is 89.5 Å². The van der Waals surface area contributed by atoms with E-state index in [0.717, 1.165) is 12.1 Å². The van der Waals surface area contributed by atoms with E-state index in [4.69, 9.17) is 4.74 Å². The number of benzene rings is 3. The second-order valence-corrected chi connectivity index (χ2v) is 12.3. The zero-order valence-corrected chi connectivity index (χ0v) is 24.3. The van der Waals surface area contributed by atoms with Crippen molar-refractivity contribution in [3.63, 3.8) is 0 Å². The zero-order valence-electron chi connectivity index (χ0n) is 23.5. The SMILES string of the molecule is C[C@@H]1CN([C@@H](C)CO)C(=O)c2cc(NS(=O)(=O)c3ccccc3)ccc2O[C@H]1CN(C)Cc1ccc(C(F)(F)F)cc1. The molecule has 0 spiro atoms. The van der Waals surface area contributed by atoms with Gasteiger partial charge in [-0.25, -0.2) is 8.42 Å². The maximum Gasteiger partial charge on any atom is 0.416 e. The first kappa shape index (κ1) is 31.3. The highest BCUT2D eigenvalue weighted by Gasteiger charge is 2.34. The summed E-state index contributed by atoms with van der Waals surface area (Å²) in [6.45, 7) is 4.40. The van der Waals surface area contributed by atoms with Crippen molar-refractivity contribution in [2.24, 2.45) is 5.92 Å². The van der Waals surface area contributed by atoms with Gasteiger partial charge in [0.15, 0.2) is 0 Å². The summed E-state index contributed by atoms with van der Waals surface area (Å²) in [4.78, 5) is 17.2. The number of hydrogen-bond donors (Lipinski definition) is 2. The van der Waals surface area contributed by atoms with Gasteiger partial charge in [-0.1, -0.05) is 37.3 Å². The molecule has 3 aromatic rings. The van der Waals surface area contributed by atoms with E-state index in [-0.39, 0.29) is 41.0 Å². The molecule has 0 bridgehead atoms. The van der Waals surface area contributed by atoms with E-state index in [9.17, 15) is 31.5 Å². The number of anilines is 1. The standard InChI is InChI=1S/C30H34F3N3O5S/c1-20-16-36(21(2)19-37)29(38)26-15-24(34-42(39,40)25-7-5-4-6-8-25)13-14-27(26)41-28(20)18-35(3)17-22-9-11-23(12-10-22)30(31,32)33/h4-15,20-21,28,34,37H,16-19H2,1-3H3/t20-,21+,28+/m1/s1. The predicted molar refractivity (Wildman–Crippen MR) is 153 cm³/mol. The lowest BCUT2D eigenvalue weighted by molar-refractivity contribution is -0.137. The van der Waals surface area contributed by atoms with Crippen LogP contribution in [0.1, 0.15) is 35.3 Å². The quantitative estimate of drug-likeness (QED) is 0.362. The van der Waals surface area contributed by atoms with Crippen molar-refractivity contribution in [1.29, 1.82) is 0 Å². The van der Waals surface area contributed by atoms with Crippen LogP contribution in [0, 0.1) is 5.92 Å². The molecule has 3 aromatic carbocycles. The number of likely N-dealkylation sites (N-methyl/N-ethyl adjacent to an activating group) is 1. The van der Waals surface area contributed by atoms with Crippen LogP contribution in [0.3, 0.4) is 0 Å². The second kappa shape index (κ2) is 12.7. The number of hydrogen-bond acceptors (Lipinski definition) is 6. The Hall–Kier alpha value is -3.61. The number of sulfonamides is 1. The number of halogens is 3. The van der Waals surface area contributed by atoms with Gasteiger partial charge in [0.2, 0.25) is 0 Å². The van der Waals surface area contributed by atoms with E-state index in [0.29, 0.717) is 18.7 Å². The topological polar surface area (TPSA) is 99.2 Å². The van der Waals surface area contributed by atoms with Crippen molar-refractivity contribution < 1.29 is 36.2 Å². The zero-order chi connectivity index (χ0) is 30.7. The lowest BCUT2D eigenvalue weighted by atomic mass is 9.99. The van der Waals surface area contributed by atoms with E-state index < -0.39 is 39.8 Å². The third-order valence-corrected chi connectivity index (χ3v) is 8.59. The molecular weight excluding hydrogens is 571 g/mol. The van der Waals surface area contributed by atoms with E-state index in [1.807, 2.05) is 18.9 Å². The second-order valence-electron chi connectivity index (χ2n) is 10.6. The smallest absolute Gasteiger partial charge is 0.416 e. The molecule has 0 saturated heterocycles. The molecule has 1 aliphatic rings. The van der Waals surface area contributed by atoms with Gasteiger partial charge >= 0.3 is 6.18 Å². The third kappa shape index (κ3) is 7.42. The molecule has 4 rings (SSSR count). The Morgan fingerprint density at radius 2 is 1.76 bits per heavy atom. The summed E-state index contributed by atoms with van der Waals surface area (Å²) in [7, 11) is -2.08. The summed E-state index contributed by atoms with van der Waals surface area (Å²) < 4.78 is 73.5. The van der Waals surface area contributed by atoms with Gasteiger partial charge in [-0.05, 0) is 62.0 Å². The molecule has 42 heavy (non-hydrogen) atoms. The number of aliphatic hydroxyl groups is 1. The molecule has 0 aromatic heterocycles. The van der Waals surface area contributed by atoms with Gasteiger partial charge < -0.3 is 14.7 Å².